The van der Waals surface area contributed by atoms with Crippen LogP contribution in [0.25, 0.3) is 0 Å². The molecular formula is C27H32Cl2N2O2. The van der Waals surface area contributed by atoms with Crippen LogP contribution in [0.4, 0.5) is 0 Å². The molecule has 1 aromatic heterocycles. The predicted octanol–water partition coefficient (Wildman–Crippen LogP) is 6.77. The van der Waals surface area contributed by atoms with E-state index in [0.717, 1.165) is 29.9 Å². The second-order valence-corrected chi connectivity index (χ2v) is 9.30. The largest absolute Gasteiger partial charge is 0.464 e. The quantitative estimate of drug-likeness (QED) is 0.300. The van der Waals surface area contributed by atoms with Crippen LogP contribution in [0.1, 0.15) is 42.9 Å². The molecule has 0 saturated carbocycles. The lowest BCUT2D eigenvalue weighted by Crippen LogP contribution is -2.43. The van der Waals surface area contributed by atoms with Crippen LogP contribution in [0.15, 0.2) is 65.1 Å². The lowest BCUT2D eigenvalue weighted by molar-refractivity contribution is -0.134. The van der Waals surface area contributed by atoms with Crippen molar-refractivity contribution >= 4 is 29.1 Å². The molecule has 0 aliphatic rings. The van der Waals surface area contributed by atoms with Gasteiger partial charge in [0.05, 0.1) is 13.1 Å². The third kappa shape index (κ3) is 7.63. The van der Waals surface area contributed by atoms with Gasteiger partial charge in [-0.2, -0.15) is 0 Å². The van der Waals surface area contributed by atoms with Gasteiger partial charge in [-0.3, -0.25) is 9.69 Å². The summed E-state index contributed by atoms with van der Waals surface area (Å²) in [6.45, 7) is 8.16. The molecule has 0 bridgehead atoms. The highest BCUT2D eigenvalue weighted by Crippen LogP contribution is 2.23. The fraction of sp³-hybridized carbons (Fsp3) is 0.370. The maximum absolute atomic E-state index is 13.5. The van der Waals surface area contributed by atoms with E-state index in [0.29, 0.717) is 36.2 Å². The summed E-state index contributed by atoms with van der Waals surface area (Å²) in [4.78, 5) is 17.6. The zero-order valence-corrected chi connectivity index (χ0v) is 21.1. The van der Waals surface area contributed by atoms with Crippen molar-refractivity contribution in [3.8, 4) is 0 Å². The van der Waals surface area contributed by atoms with Gasteiger partial charge in [-0.25, -0.2) is 0 Å². The van der Waals surface area contributed by atoms with E-state index in [4.69, 9.17) is 27.6 Å². The van der Waals surface area contributed by atoms with Gasteiger partial charge in [-0.15, -0.1) is 0 Å². The Kier molecular flexibility index (Phi) is 9.42. The molecule has 0 saturated heterocycles. The Balaban J connectivity index is 1.75. The van der Waals surface area contributed by atoms with Crippen LogP contribution in [-0.2, 0) is 24.3 Å². The van der Waals surface area contributed by atoms with Crippen molar-refractivity contribution in [1.82, 2.24) is 9.80 Å². The van der Waals surface area contributed by atoms with Crippen molar-refractivity contribution in [1.29, 1.82) is 0 Å². The molecule has 1 heterocycles. The molecule has 176 valence electrons. The van der Waals surface area contributed by atoms with Crippen LogP contribution in [0.2, 0.25) is 10.0 Å². The number of aryl methyl sites for hydroxylation is 1. The van der Waals surface area contributed by atoms with Gasteiger partial charge in [-0.1, -0.05) is 66.5 Å². The minimum absolute atomic E-state index is 0.0744. The summed E-state index contributed by atoms with van der Waals surface area (Å²) in [6.07, 6.45) is 1.72. The predicted molar refractivity (Wildman–Crippen MR) is 136 cm³/mol. The Labute approximate surface area is 207 Å². The van der Waals surface area contributed by atoms with Gasteiger partial charge in [0.2, 0.25) is 5.91 Å². The van der Waals surface area contributed by atoms with Crippen LogP contribution in [0.3, 0.4) is 0 Å². The molecule has 0 N–H and O–H groups in total. The third-order valence-corrected chi connectivity index (χ3v) is 6.54. The average Bonchev–Trinajstić information content (AvgIpc) is 3.22. The van der Waals surface area contributed by atoms with Crippen LogP contribution in [-0.4, -0.2) is 34.8 Å². The second-order valence-electron chi connectivity index (χ2n) is 8.46. The molecule has 0 aliphatic carbocycles. The van der Waals surface area contributed by atoms with E-state index in [2.05, 4.69) is 30.9 Å². The van der Waals surface area contributed by atoms with E-state index in [1.165, 1.54) is 5.56 Å². The molecule has 33 heavy (non-hydrogen) atoms. The molecule has 0 unspecified atom stereocenters. The normalized spacial score (nSPS) is 12.2. The van der Waals surface area contributed by atoms with E-state index >= 15 is 0 Å². The Morgan fingerprint density at radius 2 is 1.79 bits per heavy atom. The van der Waals surface area contributed by atoms with Gasteiger partial charge in [0.25, 0.3) is 0 Å². The Hall–Kier alpha value is -2.27. The van der Waals surface area contributed by atoms with Crippen LogP contribution >= 0.6 is 23.2 Å². The zero-order chi connectivity index (χ0) is 23.8. The summed E-state index contributed by atoms with van der Waals surface area (Å²) in [5.74, 6) is 1.72. The van der Waals surface area contributed by atoms with Crippen molar-refractivity contribution in [2.24, 2.45) is 0 Å². The molecule has 0 spiro atoms. The first kappa shape index (κ1) is 25.4. The van der Waals surface area contributed by atoms with E-state index in [9.17, 15) is 4.79 Å². The first-order valence-electron chi connectivity index (χ1n) is 11.4. The monoisotopic (exact) mass is 486 g/mol. The standard InChI is InChI=1S/C27H32Cl2N2O2/c1-4-20(2)31(17-23-11-12-24(28)16-26(23)29)19-27(32)30(18-25-13-10-21(3)33-25)15-14-22-8-6-5-7-9-22/h5-13,16,20H,4,14-15,17-19H2,1-3H3/t20-/m1/s1. The first-order valence-corrected chi connectivity index (χ1v) is 12.2. The Morgan fingerprint density at radius 3 is 2.42 bits per heavy atom. The maximum Gasteiger partial charge on any atom is 0.237 e. The van der Waals surface area contributed by atoms with Crippen LogP contribution in [0, 0.1) is 6.92 Å². The van der Waals surface area contributed by atoms with Crippen molar-refractivity contribution in [3.63, 3.8) is 0 Å². The zero-order valence-electron chi connectivity index (χ0n) is 19.6. The number of carbonyl (C=O) groups excluding carboxylic acids is 1. The Morgan fingerprint density at radius 1 is 1.03 bits per heavy atom. The molecule has 4 nitrogen and oxygen atoms in total. The van der Waals surface area contributed by atoms with E-state index < -0.39 is 0 Å². The molecule has 0 fully saturated rings. The number of nitrogens with zero attached hydrogens (tertiary/aromatic N) is 2. The summed E-state index contributed by atoms with van der Waals surface area (Å²) in [5.41, 5.74) is 2.17. The summed E-state index contributed by atoms with van der Waals surface area (Å²) in [5, 5.41) is 1.23. The smallest absolute Gasteiger partial charge is 0.237 e. The highest BCUT2D eigenvalue weighted by Gasteiger charge is 2.22. The van der Waals surface area contributed by atoms with Gasteiger partial charge < -0.3 is 9.32 Å². The summed E-state index contributed by atoms with van der Waals surface area (Å²) < 4.78 is 5.77. The third-order valence-electron chi connectivity index (χ3n) is 5.95. The summed E-state index contributed by atoms with van der Waals surface area (Å²) >= 11 is 12.5. The van der Waals surface area contributed by atoms with Gasteiger partial charge >= 0.3 is 0 Å². The van der Waals surface area contributed by atoms with Crippen molar-refractivity contribution < 1.29 is 9.21 Å². The molecule has 3 rings (SSSR count). The maximum atomic E-state index is 13.5. The number of hydrogen-bond acceptors (Lipinski definition) is 3. The molecule has 3 aromatic rings. The van der Waals surface area contributed by atoms with Crippen molar-refractivity contribution in [2.75, 3.05) is 13.1 Å². The molecule has 0 aliphatic heterocycles. The number of furan rings is 1. The van der Waals surface area contributed by atoms with Crippen LogP contribution < -0.4 is 0 Å². The topological polar surface area (TPSA) is 36.7 Å². The molecule has 0 radical (unpaired) electrons. The van der Waals surface area contributed by atoms with Crippen LogP contribution in [0.5, 0.6) is 0 Å². The minimum atomic E-state index is 0.0744. The molecule has 2 aromatic carbocycles. The Bertz CT molecular complexity index is 1040. The summed E-state index contributed by atoms with van der Waals surface area (Å²) in [6, 6.07) is 19.9. The van der Waals surface area contributed by atoms with E-state index in [-0.39, 0.29) is 11.9 Å². The molecular weight excluding hydrogens is 455 g/mol. The molecule has 1 amide bonds. The fourth-order valence-electron chi connectivity index (χ4n) is 3.73. The second kappa shape index (κ2) is 12.3. The number of carbonyl (C=O) groups is 1. The minimum Gasteiger partial charge on any atom is -0.464 e. The number of rotatable bonds is 11. The first-order chi connectivity index (χ1) is 15.9. The van der Waals surface area contributed by atoms with E-state index in [1.54, 1.807) is 6.07 Å². The van der Waals surface area contributed by atoms with Crippen molar-refractivity contribution in [2.45, 2.75) is 52.7 Å². The summed E-state index contributed by atoms with van der Waals surface area (Å²) in [7, 11) is 0. The average molecular weight is 487 g/mol. The SMILES string of the molecule is CC[C@@H](C)N(CC(=O)N(CCc1ccccc1)Cc1ccc(C)o1)Cc1ccc(Cl)cc1Cl. The van der Waals surface area contributed by atoms with E-state index in [1.807, 2.05) is 54.3 Å². The highest BCUT2D eigenvalue weighted by molar-refractivity contribution is 6.35. The number of amides is 1. The van der Waals surface area contributed by atoms with Gasteiger partial charge in [0.15, 0.2) is 0 Å². The van der Waals surface area contributed by atoms with Gasteiger partial charge in [0, 0.05) is 29.2 Å². The number of benzene rings is 2. The lowest BCUT2D eigenvalue weighted by Gasteiger charge is -2.31. The van der Waals surface area contributed by atoms with Gasteiger partial charge in [0.1, 0.15) is 11.5 Å². The highest BCUT2D eigenvalue weighted by atomic mass is 35.5. The molecule has 6 heteroatoms. The van der Waals surface area contributed by atoms with Gasteiger partial charge in [-0.05, 0) is 62.1 Å². The fourth-order valence-corrected chi connectivity index (χ4v) is 4.20. The number of halogens is 2. The van der Waals surface area contributed by atoms with Crippen molar-refractivity contribution in [3.05, 3.63) is 93.4 Å². The lowest BCUT2D eigenvalue weighted by atomic mass is 10.1. The number of hydrogen-bond donors (Lipinski definition) is 0. The molecule has 1 atom stereocenters.